The Balaban J connectivity index is 1.48. The molecule has 124 valence electrons. The first-order chi connectivity index (χ1) is 11.2. The van der Waals surface area contributed by atoms with Gasteiger partial charge in [0.2, 0.25) is 5.91 Å². The zero-order valence-electron chi connectivity index (χ0n) is 13.7. The molecule has 0 saturated carbocycles. The van der Waals surface area contributed by atoms with Crippen LogP contribution < -0.4 is 0 Å². The van der Waals surface area contributed by atoms with E-state index in [0.29, 0.717) is 12.1 Å². The van der Waals surface area contributed by atoms with E-state index in [1.165, 1.54) is 0 Å². The summed E-state index contributed by atoms with van der Waals surface area (Å²) in [4.78, 5) is 20.8. The molecule has 0 bridgehead atoms. The SMILES string of the molecule is C[C@H]1CN(C2CCN(C(=O)/C=C\c3ccncc3)CC2)CCO1. The predicted molar refractivity (Wildman–Crippen MR) is 89.9 cm³/mol. The van der Waals surface area contributed by atoms with E-state index in [0.717, 1.165) is 51.2 Å². The van der Waals surface area contributed by atoms with Gasteiger partial charge >= 0.3 is 0 Å². The van der Waals surface area contributed by atoms with Crippen molar-refractivity contribution < 1.29 is 9.53 Å². The summed E-state index contributed by atoms with van der Waals surface area (Å²) in [5.74, 6) is 0.107. The zero-order valence-corrected chi connectivity index (χ0v) is 13.7. The molecule has 0 radical (unpaired) electrons. The Morgan fingerprint density at radius 3 is 2.70 bits per heavy atom. The zero-order chi connectivity index (χ0) is 16.1. The molecule has 5 heteroatoms. The monoisotopic (exact) mass is 315 g/mol. The second-order valence-corrected chi connectivity index (χ2v) is 6.35. The quantitative estimate of drug-likeness (QED) is 0.798. The molecule has 1 atom stereocenters. The lowest BCUT2D eigenvalue weighted by atomic mass is 10.0. The molecule has 0 aliphatic carbocycles. The van der Waals surface area contributed by atoms with E-state index in [9.17, 15) is 4.79 Å². The van der Waals surface area contributed by atoms with Gasteiger partial charge < -0.3 is 9.64 Å². The van der Waals surface area contributed by atoms with Crippen LogP contribution in [-0.2, 0) is 9.53 Å². The average Bonchev–Trinajstić information content (AvgIpc) is 2.61. The van der Waals surface area contributed by atoms with Crippen LogP contribution in [-0.4, -0.2) is 65.6 Å². The minimum absolute atomic E-state index is 0.107. The van der Waals surface area contributed by atoms with E-state index >= 15 is 0 Å². The largest absolute Gasteiger partial charge is 0.376 e. The lowest BCUT2D eigenvalue weighted by Gasteiger charge is -2.41. The van der Waals surface area contributed by atoms with Gasteiger partial charge in [-0.25, -0.2) is 0 Å². The van der Waals surface area contributed by atoms with Crippen LogP contribution in [0.25, 0.3) is 6.08 Å². The van der Waals surface area contributed by atoms with Crippen molar-refractivity contribution in [2.75, 3.05) is 32.8 Å². The summed E-state index contributed by atoms with van der Waals surface area (Å²) in [6, 6.07) is 4.39. The molecule has 3 rings (SSSR count). The summed E-state index contributed by atoms with van der Waals surface area (Å²) in [5, 5.41) is 0. The summed E-state index contributed by atoms with van der Waals surface area (Å²) in [6.07, 6.45) is 9.44. The maximum absolute atomic E-state index is 12.3. The van der Waals surface area contributed by atoms with Crippen molar-refractivity contribution in [3.8, 4) is 0 Å². The molecule has 2 aliphatic heterocycles. The second-order valence-electron chi connectivity index (χ2n) is 6.35. The highest BCUT2D eigenvalue weighted by molar-refractivity contribution is 5.91. The number of ether oxygens (including phenoxy) is 1. The predicted octanol–water partition coefficient (Wildman–Crippen LogP) is 1.81. The number of aromatic nitrogens is 1. The summed E-state index contributed by atoms with van der Waals surface area (Å²) in [7, 11) is 0. The number of hydrogen-bond acceptors (Lipinski definition) is 4. The van der Waals surface area contributed by atoms with E-state index in [1.54, 1.807) is 18.5 Å². The van der Waals surface area contributed by atoms with E-state index in [4.69, 9.17) is 4.74 Å². The van der Waals surface area contributed by atoms with Crippen molar-refractivity contribution in [3.63, 3.8) is 0 Å². The highest BCUT2D eigenvalue weighted by Gasteiger charge is 2.28. The summed E-state index contributed by atoms with van der Waals surface area (Å²) < 4.78 is 5.61. The molecule has 1 amide bonds. The Kier molecular flexibility index (Phi) is 5.41. The molecule has 0 spiro atoms. The van der Waals surface area contributed by atoms with Crippen molar-refractivity contribution in [1.29, 1.82) is 0 Å². The number of rotatable bonds is 3. The highest BCUT2D eigenvalue weighted by Crippen LogP contribution is 2.19. The van der Waals surface area contributed by atoms with Crippen LogP contribution in [0.15, 0.2) is 30.6 Å². The maximum Gasteiger partial charge on any atom is 0.246 e. The van der Waals surface area contributed by atoms with Crippen molar-refractivity contribution in [2.45, 2.75) is 31.9 Å². The van der Waals surface area contributed by atoms with Gasteiger partial charge in [-0.3, -0.25) is 14.7 Å². The van der Waals surface area contributed by atoms with Crippen molar-refractivity contribution >= 4 is 12.0 Å². The molecule has 2 fully saturated rings. The molecule has 2 aliphatic rings. The first-order valence-electron chi connectivity index (χ1n) is 8.45. The third-order valence-corrected chi connectivity index (χ3v) is 4.69. The highest BCUT2D eigenvalue weighted by atomic mass is 16.5. The minimum Gasteiger partial charge on any atom is -0.376 e. The topological polar surface area (TPSA) is 45.7 Å². The average molecular weight is 315 g/mol. The molecule has 0 unspecified atom stereocenters. The second kappa shape index (κ2) is 7.70. The maximum atomic E-state index is 12.3. The Morgan fingerprint density at radius 2 is 2.00 bits per heavy atom. The van der Waals surface area contributed by atoms with Gasteiger partial charge in [-0.15, -0.1) is 0 Å². The van der Waals surface area contributed by atoms with Crippen molar-refractivity contribution in [3.05, 3.63) is 36.2 Å². The Labute approximate surface area is 137 Å². The van der Waals surface area contributed by atoms with Gasteiger partial charge in [0, 0.05) is 50.7 Å². The van der Waals surface area contributed by atoms with E-state index < -0.39 is 0 Å². The Morgan fingerprint density at radius 1 is 1.26 bits per heavy atom. The molecular weight excluding hydrogens is 290 g/mol. The summed E-state index contributed by atoms with van der Waals surface area (Å²) >= 11 is 0. The van der Waals surface area contributed by atoms with Gasteiger partial charge in [0.15, 0.2) is 0 Å². The van der Waals surface area contributed by atoms with Crippen molar-refractivity contribution in [2.24, 2.45) is 0 Å². The molecule has 1 aromatic heterocycles. The standard InChI is InChI=1S/C18H25N3O2/c1-15-14-21(12-13-23-15)17-6-10-20(11-7-17)18(22)3-2-16-4-8-19-9-5-16/h2-5,8-9,15,17H,6-7,10-14H2,1H3/b3-2-/t15-/m0/s1. The lowest BCUT2D eigenvalue weighted by molar-refractivity contribution is -0.128. The van der Waals surface area contributed by atoms with Crippen LogP contribution in [0.2, 0.25) is 0 Å². The molecule has 0 N–H and O–H groups in total. The summed E-state index contributed by atoms with van der Waals surface area (Å²) in [5.41, 5.74) is 1.01. The number of hydrogen-bond donors (Lipinski definition) is 0. The number of carbonyl (C=O) groups is 1. The van der Waals surface area contributed by atoms with Gasteiger partial charge in [-0.1, -0.05) is 0 Å². The first kappa shape index (κ1) is 16.1. The summed E-state index contributed by atoms with van der Waals surface area (Å²) in [6.45, 7) is 6.68. The van der Waals surface area contributed by atoms with E-state index in [-0.39, 0.29) is 5.91 Å². The fraction of sp³-hybridized carbons (Fsp3) is 0.556. The number of nitrogens with zero attached hydrogens (tertiary/aromatic N) is 3. The van der Waals surface area contributed by atoms with Crippen molar-refractivity contribution in [1.82, 2.24) is 14.8 Å². The van der Waals surface area contributed by atoms with Gasteiger partial charge in [-0.05, 0) is 43.5 Å². The Bertz CT molecular complexity index is 538. The normalized spacial score (nSPS) is 24.2. The van der Waals surface area contributed by atoms with Crippen LogP contribution in [0.4, 0.5) is 0 Å². The number of piperidine rings is 1. The number of likely N-dealkylation sites (tertiary alicyclic amines) is 1. The lowest BCUT2D eigenvalue weighted by Crippen LogP contribution is -2.51. The number of carbonyl (C=O) groups excluding carboxylic acids is 1. The number of pyridine rings is 1. The fourth-order valence-electron chi connectivity index (χ4n) is 3.38. The smallest absolute Gasteiger partial charge is 0.246 e. The molecule has 0 aromatic carbocycles. The van der Waals surface area contributed by atoms with Gasteiger partial charge in [0.1, 0.15) is 0 Å². The molecule has 3 heterocycles. The first-order valence-corrected chi connectivity index (χ1v) is 8.45. The molecule has 1 aromatic rings. The van der Waals surface area contributed by atoms with Crippen LogP contribution in [0.1, 0.15) is 25.3 Å². The van der Waals surface area contributed by atoms with Gasteiger partial charge in [-0.2, -0.15) is 0 Å². The minimum atomic E-state index is 0.107. The van der Waals surface area contributed by atoms with E-state index in [1.807, 2.05) is 23.1 Å². The van der Waals surface area contributed by atoms with E-state index in [2.05, 4.69) is 16.8 Å². The Hall–Kier alpha value is -1.72. The van der Waals surface area contributed by atoms with Crippen LogP contribution in [0, 0.1) is 0 Å². The third-order valence-electron chi connectivity index (χ3n) is 4.69. The van der Waals surface area contributed by atoms with Crippen LogP contribution >= 0.6 is 0 Å². The van der Waals surface area contributed by atoms with Gasteiger partial charge in [0.05, 0.1) is 12.7 Å². The molecule has 2 saturated heterocycles. The number of morpholine rings is 1. The van der Waals surface area contributed by atoms with Crippen LogP contribution in [0.3, 0.4) is 0 Å². The van der Waals surface area contributed by atoms with Crippen LogP contribution in [0.5, 0.6) is 0 Å². The molecular formula is C18H25N3O2. The number of amides is 1. The third kappa shape index (κ3) is 4.39. The van der Waals surface area contributed by atoms with Gasteiger partial charge in [0.25, 0.3) is 0 Å². The molecule has 23 heavy (non-hydrogen) atoms. The fourth-order valence-corrected chi connectivity index (χ4v) is 3.38. The molecule has 5 nitrogen and oxygen atoms in total.